The molecule has 0 atom stereocenters. The first-order valence-corrected chi connectivity index (χ1v) is 12.2. The highest BCUT2D eigenvalue weighted by atomic mass is 16.2. The average molecular weight is 491 g/mol. The van der Waals surface area contributed by atoms with Crippen LogP contribution in [0.4, 0.5) is 17.5 Å². The highest BCUT2D eigenvalue weighted by Gasteiger charge is 2.19. The summed E-state index contributed by atoms with van der Waals surface area (Å²) < 4.78 is 2.05. The number of amides is 1. The molecule has 0 saturated carbocycles. The van der Waals surface area contributed by atoms with Gasteiger partial charge in [0.25, 0.3) is 0 Å². The molecule has 1 saturated heterocycles. The predicted molar refractivity (Wildman–Crippen MR) is 144 cm³/mol. The normalized spacial score (nSPS) is 13.6. The van der Waals surface area contributed by atoms with Crippen LogP contribution in [0, 0.1) is 0 Å². The largest absolute Gasteiger partial charge is 0.367 e. The molecule has 37 heavy (non-hydrogen) atoms. The summed E-state index contributed by atoms with van der Waals surface area (Å²) >= 11 is 0. The molecule has 1 fully saturated rings. The minimum Gasteiger partial charge on any atom is -0.367 e. The summed E-state index contributed by atoms with van der Waals surface area (Å²) in [6.07, 6.45) is 7.48. The third kappa shape index (κ3) is 4.71. The van der Waals surface area contributed by atoms with Crippen LogP contribution in [0.3, 0.4) is 0 Å². The van der Waals surface area contributed by atoms with Crippen molar-refractivity contribution in [3.8, 4) is 22.5 Å². The number of nitrogens with zero attached hydrogens (tertiary/aromatic N) is 7. The summed E-state index contributed by atoms with van der Waals surface area (Å²) in [6, 6.07) is 20.2. The fourth-order valence-electron chi connectivity index (χ4n) is 4.57. The Hall–Kier alpha value is -4.79. The molecule has 0 unspecified atom stereocenters. The number of imidazole rings is 1. The van der Waals surface area contributed by atoms with E-state index in [2.05, 4.69) is 49.6 Å². The van der Waals surface area contributed by atoms with E-state index in [4.69, 9.17) is 4.98 Å². The molecule has 5 aromatic rings. The zero-order chi connectivity index (χ0) is 25.2. The maximum atomic E-state index is 11.6. The van der Waals surface area contributed by atoms with Crippen LogP contribution in [-0.2, 0) is 4.79 Å². The van der Waals surface area contributed by atoms with Gasteiger partial charge in [-0.3, -0.25) is 9.20 Å². The highest BCUT2D eigenvalue weighted by Crippen LogP contribution is 2.25. The second-order valence-corrected chi connectivity index (χ2v) is 8.94. The number of fused-ring (bicyclic) bond motifs is 1. The number of rotatable bonds is 5. The van der Waals surface area contributed by atoms with Crippen LogP contribution in [0.5, 0.6) is 0 Å². The lowest BCUT2D eigenvalue weighted by Crippen LogP contribution is -2.48. The van der Waals surface area contributed by atoms with Crippen LogP contribution < -0.4 is 10.2 Å². The number of benzene rings is 1. The van der Waals surface area contributed by atoms with Crippen molar-refractivity contribution < 1.29 is 4.79 Å². The van der Waals surface area contributed by atoms with Crippen molar-refractivity contribution in [1.82, 2.24) is 29.2 Å². The minimum atomic E-state index is 0.125. The first-order chi connectivity index (χ1) is 18.1. The number of carbonyl (C=O) groups is 1. The lowest BCUT2D eigenvalue weighted by Gasteiger charge is -2.35. The molecular formula is C28H26N8O. The second-order valence-electron chi connectivity index (χ2n) is 8.94. The fraction of sp³-hybridized carbons (Fsp3) is 0.179. The van der Waals surface area contributed by atoms with Gasteiger partial charge in [0, 0.05) is 45.5 Å². The lowest BCUT2D eigenvalue weighted by molar-refractivity contribution is -0.129. The maximum absolute atomic E-state index is 11.6. The quantitative estimate of drug-likeness (QED) is 0.393. The predicted octanol–water partition coefficient (Wildman–Crippen LogP) is 4.27. The van der Waals surface area contributed by atoms with Gasteiger partial charge in [-0.05, 0) is 41.5 Å². The van der Waals surface area contributed by atoms with Gasteiger partial charge >= 0.3 is 0 Å². The summed E-state index contributed by atoms with van der Waals surface area (Å²) in [7, 11) is 0. The van der Waals surface area contributed by atoms with Crippen molar-refractivity contribution >= 4 is 29.0 Å². The van der Waals surface area contributed by atoms with Gasteiger partial charge < -0.3 is 15.1 Å². The number of piperazine rings is 1. The number of hydrogen-bond acceptors (Lipinski definition) is 7. The van der Waals surface area contributed by atoms with E-state index in [1.165, 1.54) is 0 Å². The first kappa shape index (κ1) is 22.7. The smallest absolute Gasteiger partial charge is 0.228 e. The molecule has 1 aromatic carbocycles. The van der Waals surface area contributed by atoms with Crippen LogP contribution in [0.2, 0.25) is 0 Å². The van der Waals surface area contributed by atoms with Crippen molar-refractivity contribution in [2.45, 2.75) is 6.92 Å². The number of anilines is 3. The van der Waals surface area contributed by atoms with Crippen LogP contribution in [0.25, 0.3) is 28.2 Å². The molecular weight excluding hydrogens is 464 g/mol. The number of hydrogen-bond donors (Lipinski definition) is 1. The van der Waals surface area contributed by atoms with Crippen LogP contribution in [-0.4, -0.2) is 61.3 Å². The van der Waals surface area contributed by atoms with Crippen LogP contribution in [0.15, 0.2) is 85.5 Å². The van der Waals surface area contributed by atoms with Gasteiger partial charge in [-0.2, -0.15) is 0 Å². The first-order valence-electron chi connectivity index (χ1n) is 12.2. The van der Waals surface area contributed by atoms with Gasteiger partial charge in [0.2, 0.25) is 11.9 Å². The molecule has 9 nitrogen and oxygen atoms in total. The molecule has 0 bridgehead atoms. The Morgan fingerprint density at radius 2 is 1.68 bits per heavy atom. The topological polar surface area (TPSA) is 91.6 Å². The molecule has 1 amide bonds. The second kappa shape index (κ2) is 9.69. The van der Waals surface area contributed by atoms with Gasteiger partial charge in [0.1, 0.15) is 11.5 Å². The zero-order valence-electron chi connectivity index (χ0n) is 20.5. The van der Waals surface area contributed by atoms with Crippen molar-refractivity contribution in [1.29, 1.82) is 0 Å². The van der Waals surface area contributed by atoms with Crippen molar-refractivity contribution in [3.05, 3.63) is 85.5 Å². The van der Waals surface area contributed by atoms with Crippen LogP contribution in [0.1, 0.15) is 6.92 Å². The van der Waals surface area contributed by atoms with Gasteiger partial charge in [-0.1, -0.05) is 30.3 Å². The third-order valence-corrected chi connectivity index (χ3v) is 6.61. The Morgan fingerprint density at radius 1 is 0.838 bits per heavy atom. The van der Waals surface area contributed by atoms with Crippen molar-refractivity contribution in [2.75, 3.05) is 36.4 Å². The standard InChI is InChI=1S/C28H26N8O/c1-20(37)34-13-15-35(16-14-34)23-8-9-26(30-17-23)33-28-29-12-11-24(32-28)25-18-31-27-10-7-22(19-36(25)27)21-5-3-2-4-6-21/h2-12,17-19H,13-16H2,1H3,(H,29,30,32,33). The molecule has 0 aliphatic carbocycles. The molecule has 1 N–H and O–H groups in total. The van der Waals surface area contributed by atoms with Gasteiger partial charge in [-0.15, -0.1) is 0 Å². The SMILES string of the molecule is CC(=O)N1CCN(c2ccc(Nc3nccc(-c4cnc5ccc(-c6ccccc6)cn45)n3)nc2)CC1. The molecule has 1 aliphatic heterocycles. The molecule has 0 radical (unpaired) electrons. The maximum Gasteiger partial charge on any atom is 0.228 e. The minimum absolute atomic E-state index is 0.125. The monoisotopic (exact) mass is 490 g/mol. The molecule has 4 aromatic heterocycles. The summed E-state index contributed by atoms with van der Waals surface area (Å²) in [4.78, 5) is 33.9. The average Bonchev–Trinajstić information content (AvgIpc) is 3.38. The van der Waals surface area contributed by atoms with Gasteiger partial charge in [-0.25, -0.2) is 19.9 Å². The van der Waals surface area contributed by atoms with Gasteiger partial charge in [0.15, 0.2) is 0 Å². The molecule has 6 rings (SSSR count). The van der Waals surface area contributed by atoms with E-state index in [9.17, 15) is 4.79 Å². The molecule has 9 heteroatoms. The summed E-state index contributed by atoms with van der Waals surface area (Å²) in [5.74, 6) is 1.25. The van der Waals surface area contributed by atoms with E-state index < -0.39 is 0 Å². The Bertz CT molecular complexity index is 1540. The van der Waals surface area contributed by atoms with Crippen molar-refractivity contribution in [2.24, 2.45) is 0 Å². The van der Waals surface area contributed by atoms with Gasteiger partial charge in [0.05, 0.1) is 29.5 Å². The Kier molecular flexibility index (Phi) is 5.94. The molecule has 0 spiro atoms. The summed E-state index contributed by atoms with van der Waals surface area (Å²) in [5, 5.41) is 3.21. The third-order valence-electron chi connectivity index (χ3n) is 6.61. The van der Waals surface area contributed by atoms with E-state index >= 15 is 0 Å². The fourth-order valence-corrected chi connectivity index (χ4v) is 4.57. The van der Waals surface area contributed by atoms with Crippen molar-refractivity contribution in [3.63, 3.8) is 0 Å². The number of pyridine rings is 2. The molecule has 1 aliphatic rings. The van der Waals surface area contributed by atoms with E-state index in [1.807, 2.05) is 64.2 Å². The Morgan fingerprint density at radius 3 is 2.43 bits per heavy atom. The van der Waals surface area contributed by atoms with E-state index in [0.717, 1.165) is 60.0 Å². The summed E-state index contributed by atoms with van der Waals surface area (Å²) in [6.45, 7) is 4.67. The Labute approximate surface area is 214 Å². The highest BCUT2D eigenvalue weighted by molar-refractivity contribution is 5.73. The number of carbonyl (C=O) groups excluding carboxylic acids is 1. The Balaban J connectivity index is 1.20. The van der Waals surface area contributed by atoms with E-state index in [0.29, 0.717) is 11.8 Å². The van der Waals surface area contributed by atoms with E-state index in [-0.39, 0.29) is 5.91 Å². The van der Waals surface area contributed by atoms with Crippen LogP contribution >= 0.6 is 0 Å². The molecule has 5 heterocycles. The lowest BCUT2D eigenvalue weighted by atomic mass is 10.1. The number of aromatic nitrogens is 5. The summed E-state index contributed by atoms with van der Waals surface area (Å²) in [5.41, 5.74) is 5.77. The molecule has 184 valence electrons. The van der Waals surface area contributed by atoms with E-state index in [1.54, 1.807) is 13.1 Å². The zero-order valence-corrected chi connectivity index (χ0v) is 20.5. The number of nitrogens with one attached hydrogen (secondary N) is 1.